The van der Waals surface area contributed by atoms with E-state index in [0.29, 0.717) is 21.9 Å². The van der Waals surface area contributed by atoms with E-state index in [9.17, 15) is 4.79 Å². The number of carbonyl (C=O) groups excluding carboxylic acids is 1. The summed E-state index contributed by atoms with van der Waals surface area (Å²) in [5.74, 6) is 2.02. The Balaban J connectivity index is 1.62. The minimum absolute atomic E-state index is 0.132. The second-order valence-corrected chi connectivity index (χ2v) is 8.12. The molecule has 0 aliphatic rings. The molecular formula is C18H21N5O3S2. The van der Waals surface area contributed by atoms with Gasteiger partial charge < -0.3 is 19.4 Å². The maximum atomic E-state index is 12.3. The molecule has 148 valence electrons. The number of benzene rings is 1. The van der Waals surface area contributed by atoms with Crippen molar-refractivity contribution in [3.63, 3.8) is 0 Å². The molecule has 1 aromatic carbocycles. The number of rotatable bonds is 8. The molecule has 8 nitrogen and oxygen atoms in total. The number of nitrogens with zero attached hydrogens (tertiary/aromatic N) is 4. The van der Waals surface area contributed by atoms with E-state index in [-0.39, 0.29) is 17.3 Å². The molecule has 0 bridgehead atoms. The smallest absolute Gasteiger partial charge is 0.239 e. The third-order valence-electron chi connectivity index (χ3n) is 3.92. The van der Waals surface area contributed by atoms with Crippen molar-refractivity contribution in [1.82, 2.24) is 19.7 Å². The fraction of sp³-hybridized carbons (Fsp3) is 0.333. The zero-order valence-electron chi connectivity index (χ0n) is 15.9. The Bertz CT molecular complexity index is 912. The van der Waals surface area contributed by atoms with Gasteiger partial charge in [-0.3, -0.25) is 4.79 Å². The molecule has 2 heterocycles. The van der Waals surface area contributed by atoms with Crippen LogP contribution in [0.5, 0.6) is 11.5 Å². The van der Waals surface area contributed by atoms with E-state index in [0.717, 1.165) is 5.75 Å². The van der Waals surface area contributed by atoms with Crippen LogP contribution >= 0.6 is 23.1 Å². The van der Waals surface area contributed by atoms with Gasteiger partial charge in [-0.2, -0.15) is 0 Å². The van der Waals surface area contributed by atoms with Crippen LogP contribution < -0.4 is 14.8 Å². The number of thiazole rings is 1. The Labute approximate surface area is 171 Å². The largest absolute Gasteiger partial charge is 0.497 e. The first-order chi connectivity index (χ1) is 13.5. The third-order valence-corrected chi connectivity index (χ3v) is 5.74. The summed E-state index contributed by atoms with van der Waals surface area (Å²) < 4.78 is 12.9. The molecule has 2 atom stereocenters. The lowest BCUT2D eigenvalue weighted by atomic mass is 10.3. The Kier molecular flexibility index (Phi) is 6.53. The van der Waals surface area contributed by atoms with Crippen LogP contribution in [0.4, 0.5) is 5.13 Å². The summed E-state index contributed by atoms with van der Waals surface area (Å²) >= 11 is 2.71. The second kappa shape index (κ2) is 9.07. The first kappa shape index (κ1) is 20.2. The molecule has 10 heteroatoms. The second-order valence-electron chi connectivity index (χ2n) is 5.92. The summed E-state index contributed by atoms with van der Waals surface area (Å²) in [4.78, 5) is 16.4. The summed E-state index contributed by atoms with van der Waals surface area (Å²) in [6.45, 7) is 3.72. The van der Waals surface area contributed by atoms with Gasteiger partial charge in [-0.1, -0.05) is 11.8 Å². The molecule has 1 amide bonds. The van der Waals surface area contributed by atoms with Crippen LogP contribution in [0.1, 0.15) is 25.8 Å². The lowest BCUT2D eigenvalue weighted by Crippen LogP contribution is -2.22. The number of carbonyl (C=O) groups is 1. The fourth-order valence-electron chi connectivity index (χ4n) is 2.40. The van der Waals surface area contributed by atoms with Gasteiger partial charge in [0.25, 0.3) is 0 Å². The molecule has 0 aliphatic heterocycles. The SMILES string of the molecule is COc1ccc(OC(C)c2nnc(SC(C)C(=O)Nc3nccs3)n2C)cc1. The average molecular weight is 420 g/mol. The van der Waals surface area contributed by atoms with E-state index >= 15 is 0 Å². The van der Waals surface area contributed by atoms with Gasteiger partial charge in [-0.25, -0.2) is 4.98 Å². The number of aromatic nitrogens is 4. The van der Waals surface area contributed by atoms with Crippen molar-refractivity contribution < 1.29 is 14.3 Å². The first-order valence-corrected chi connectivity index (χ1v) is 10.3. The summed E-state index contributed by atoms with van der Waals surface area (Å²) in [5, 5.41) is 13.9. The number of nitrogens with one attached hydrogen (secondary N) is 1. The standard InChI is InChI=1S/C18H21N5O3S2/c1-11(26-14-7-5-13(25-4)6-8-14)15-21-22-18(23(15)3)28-12(2)16(24)20-17-19-9-10-27-17/h5-12H,1-4H3,(H,19,20,24). The van der Waals surface area contributed by atoms with E-state index in [4.69, 9.17) is 9.47 Å². The summed E-state index contributed by atoms with van der Waals surface area (Å²) in [7, 11) is 3.48. The average Bonchev–Trinajstić information content (AvgIpc) is 3.32. The van der Waals surface area contributed by atoms with E-state index in [2.05, 4.69) is 20.5 Å². The zero-order valence-corrected chi connectivity index (χ0v) is 17.6. The van der Waals surface area contributed by atoms with Crippen molar-refractivity contribution in [2.45, 2.75) is 30.4 Å². The lowest BCUT2D eigenvalue weighted by molar-refractivity contribution is -0.115. The van der Waals surface area contributed by atoms with Crippen LogP contribution in [0.25, 0.3) is 0 Å². The van der Waals surface area contributed by atoms with Gasteiger partial charge in [0.1, 0.15) is 11.5 Å². The molecule has 28 heavy (non-hydrogen) atoms. The maximum Gasteiger partial charge on any atom is 0.239 e. The molecule has 0 saturated heterocycles. The lowest BCUT2D eigenvalue weighted by Gasteiger charge is -2.15. The van der Waals surface area contributed by atoms with Crippen molar-refractivity contribution in [2.75, 3.05) is 12.4 Å². The Morgan fingerprint density at radius 3 is 2.57 bits per heavy atom. The van der Waals surface area contributed by atoms with Crippen LogP contribution in [0.3, 0.4) is 0 Å². The third kappa shape index (κ3) is 4.82. The number of ether oxygens (including phenoxy) is 2. The van der Waals surface area contributed by atoms with Gasteiger partial charge in [-0.15, -0.1) is 21.5 Å². The molecule has 2 aromatic heterocycles. The van der Waals surface area contributed by atoms with Gasteiger partial charge in [0.15, 0.2) is 22.2 Å². The number of thioether (sulfide) groups is 1. The quantitative estimate of drug-likeness (QED) is 0.558. The first-order valence-electron chi connectivity index (χ1n) is 8.55. The molecule has 0 fully saturated rings. The highest BCUT2D eigenvalue weighted by Crippen LogP contribution is 2.27. The highest BCUT2D eigenvalue weighted by Gasteiger charge is 2.22. The van der Waals surface area contributed by atoms with E-state index in [1.807, 2.05) is 55.1 Å². The highest BCUT2D eigenvalue weighted by atomic mass is 32.2. The monoisotopic (exact) mass is 419 g/mol. The minimum Gasteiger partial charge on any atom is -0.497 e. The Morgan fingerprint density at radius 1 is 1.21 bits per heavy atom. The van der Waals surface area contributed by atoms with Crippen LogP contribution in [-0.2, 0) is 11.8 Å². The predicted molar refractivity (Wildman–Crippen MR) is 109 cm³/mol. The Morgan fingerprint density at radius 2 is 1.93 bits per heavy atom. The molecule has 0 saturated carbocycles. The van der Waals surface area contributed by atoms with Gasteiger partial charge >= 0.3 is 0 Å². The van der Waals surface area contributed by atoms with E-state index in [1.165, 1.54) is 23.1 Å². The van der Waals surface area contributed by atoms with E-state index in [1.54, 1.807) is 13.3 Å². The summed E-state index contributed by atoms with van der Waals surface area (Å²) in [6, 6.07) is 7.35. The number of amides is 1. The molecule has 0 radical (unpaired) electrons. The van der Waals surface area contributed by atoms with Crippen molar-refractivity contribution >= 4 is 34.1 Å². The Hall–Kier alpha value is -2.59. The molecular weight excluding hydrogens is 398 g/mol. The van der Waals surface area contributed by atoms with Crippen LogP contribution in [0.15, 0.2) is 41.0 Å². The van der Waals surface area contributed by atoms with Gasteiger partial charge in [0.2, 0.25) is 5.91 Å². The van der Waals surface area contributed by atoms with Crippen molar-refractivity contribution in [3.8, 4) is 11.5 Å². The minimum atomic E-state index is -0.350. The number of anilines is 1. The van der Waals surface area contributed by atoms with Gasteiger partial charge in [0.05, 0.1) is 12.4 Å². The molecule has 0 spiro atoms. The van der Waals surface area contributed by atoms with E-state index < -0.39 is 0 Å². The van der Waals surface area contributed by atoms with Gasteiger partial charge in [0, 0.05) is 18.6 Å². The van der Waals surface area contributed by atoms with Crippen LogP contribution in [0.2, 0.25) is 0 Å². The molecule has 3 aromatic rings. The predicted octanol–water partition coefficient (Wildman–Crippen LogP) is 3.54. The highest BCUT2D eigenvalue weighted by molar-refractivity contribution is 8.00. The summed E-state index contributed by atoms with van der Waals surface area (Å²) in [5.41, 5.74) is 0. The fourth-order valence-corrected chi connectivity index (χ4v) is 3.75. The van der Waals surface area contributed by atoms with Crippen molar-refractivity contribution in [1.29, 1.82) is 0 Å². The molecule has 0 aliphatic carbocycles. The number of methoxy groups -OCH3 is 1. The zero-order chi connectivity index (χ0) is 20.1. The summed E-state index contributed by atoms with van der Waals surface area (Å²) in [6.07, 6.45) is 1.34. The molecule has 3 rings (SSSR count). The van der Waals surface area contributed by atoms with Crippen LogP contribution in [-0.4, -0.2) is 38.0 Å². The van der Waals surface area contributed by atoms with Crippen molar-refractivity contribution in [3.05, 3.63) is 41.7 Å². The maximum absolute atomic E-state index is 12.3. The molecule has 1 N–H and O–H groups in total. The van der Waals surface area contributed by atoms with Gasteiger partial charge in [-0.05, 0) is 38.1 Å². The number of hydrogen-bond donors (Lipinski definition) is 1. The van der Waals surface area contributed by atoms with Crippen LogP contribution in [0, 0.1) is 0 Å². The topological polar surface area (TPSA) is 91.2 Å². The number of hydrogen-bond acceptors (Lipinski definition) is 8. The molecule has 2 unspecified atom stereocenters. The normalized spacial score (nSPS) is 13.0. The van der Waals surface area contributed by atoms with Crippen molar-refractivity contribution in [2.24, 2.45) is 7.05 Å².